The zero-order valence-electron chi connectivity index (χ0n) is 10.4. The molecule has 4 heteroatoms. The Hall–Kier alpha value is -2.62. The summed E-state index contributed by atoms with van der Waals surface area (Å²) in [5.74, 6) is 0.0699. The molecule has 0 amide bonds. The number of esters is 1. The smallest absolute Gasteiger partial charge is 0.343 e. The van der Waals surface area contributed by atoms with E-state index in [2.05, 4.69) is 9.97 Å². The summed E-state index contributed by atoms with van der Waals surface area (Å²) in [4.78, 5) is 19.1. The van der Waals surface area contributed by atoms with Crippen LogP contribution in [0.3, 0.4) is 0 Å². The van der Waals surface area contributed by atoms with Crippen LogP contribution in [0, 0.1) is 6.92 Å². The maximum Gasteiger partial charge on any atom is 0.343 e. The number of carbonyl (C=O) groups excluding carboxylic acids is 1. The molecule has 2 aromatic heterocycles. The van der Waals surface area contributed by atoms with Gasteiger partial charge in [-0.1, -0.05) is 6.07 Å². The third-order valence-electron chi connectivity index (χ3n) is 2.85. The first-order valence-electron chi connectivity index (χ1n) is 5.93. The first-order chi connectivity index (χ1) is 9.22. The van der Waals surface area contributed by atoms with E-state index < -0.39 is 0 Å². The molecule has 0 spiro atoms. The number of pyridine rings is 1. The van der Waals surface area contributed by atoms with Crippen LogP contribution >= 0.6 is 0 Å². The molecule has 0 aliphatic rings. The number of hydrogen-bond donors (Lipinski definition) is 1. The van der Waals surface area contributed by atoms with Crippen LogP contribution in [0.4, 0.5) is 0 Å². The van der Waals surface area contributed by atoms with E-state index >= 15 is 0 Å². The summed E-state index contributed by atoms with van der Waals surface area (Å²) < 4.78 is 5.29. The number of benzene rings is 1. The summed E-state index contributed by atoms with van der Waals surface area (Å²) in [5, 5.41) is 1.06. The third-order valence-corrected chi connectivity index (χ3v) is 2.85. The molecule has 2 heterocycles. The van der Waals surface area contributed by atoms with Gasteiger partial charge < -0.3 is 9.72 Å². The number of aryl methyl sites for hydroxylation is 1. The highest BCUT2D eigenvalue weighted by atomic mass is 16.5. The van der Waals surface area contributed by atoms with Gasteiger partial charge in [-0.2, -0.15) is 0 Å². The molecule has 0 aliphatic carbocycles. The maximum atomic E-state index is 12.0. The van der Waals surface area contributed by atoms with E-state index in [0.29, 0.717) is 11.3 Å². The molecule has 0 bridgehead atoms. The quantitative estimate of drug-likeness (QED) is 0.713. The highest BCUT2D eigenvalue weighted by molar-refractivity contribution is 5.95. The number of aromatic amines is 1. The number of nitrogens with one attached hydrogen (secondary N) is 1. The first-order valence-corrected chi connectivity index (χ1v) is 5.93. The highest BCUT2D eigenvalue weighted by Gasteiger charge is 2.10. The standard InChI is InChI=1S/C15H12N2O2/c1-10-6-13(9-16-8-10)19-15(18)12-3-2-11-4-5-17-14(11)7-12/h2-9,17H,1H3. The van der Waals surface area contributed by atoms with Crippen LogP contribution in [0.25, 0.3) is 10.9 Å². The molecule has 0 atom stereocenters. The Morgan fingerprint density at radius 1 is 1.21 bits per heavy atom. The second-order valence-corrected chi connectivity index (χ2v) is 4.37. The largest absolute Gasteiger partial charge is 0.421 e. The van der Waals surface area contributed by atoms with Gasteiger partial charge >= 0.3 is 5.97 Å². The van der Waals surface area contributed by atoms with Crippen molar-refractivity contribution >= 4 is 16.9 Å². The van der Waals surface area contributed by atoms with Gasteiger partial charge in [0.05, 0.1) is 11.8 Å². The molecule has 19 heavy (non-hydrogen) atoms. The van der Waals surface area contributed by atoms with Gasteiger partial charge in [-0.05, 0) is 42.1 Å². The van der Waals surface area contributed by atoms with E-state index in [1.54, 1.807) is 24.4 Å². The van der Waals surface area contributed by atoms with Crippen molar-refractivity contribution in [1.82, 2.24) is 9.97 Å². The summed E-state index contributed by atoms with van der Waals surface area (Å²) in [6.45, 7) is 1.90. The Morgan fingerprint density at radius 3 is 2.95 bits per heavy atom. The predicted molar refractivity (Wildman–Crippen MR) is 72.2 cm³/mol. The Morgan fingerprint density at radius 2 is 2.11 bits per heavy atom. The van der Waals surface area contributed by atoms with Crippen LogP contribution in [0.1, 0.15) is 15.9 Å². The second-order valence-electron chi connectivity index (χ2n) is 4.37. The minimum absolute atomic E-state index is 0.385. The second kappa shape index (κ2) is 4.57. The molecule has 1 N–H and O–H groups in total. The van der Waals surface area contributed by atoms with E-state index in [-0.39, 0.29) is 5.97 Å². The molecule has 0 saturated carbocycles. The van der Waals surface area contributed by atoms with Crippen molar-refractivity contribution in [3.05, 3.63) is 60.0 Å². The molecule has 94 valence electrons. The fraction of sp³-hybridized carbons (Fsp3) is 0.0667. The zero-order valence-corrected chi connectivity index (χ0v) is 10.4. The minimum atomic E-state index is -0.385. The molecule has 0 unspecified atom stereocenters. The lowest BCUT2D eigenvalue weighted by Crippen LogP contribution is -2.08. The van der Waals surface area contributed by atoms with Crippen LogP contribution in [0.15, 0.2) is 48.9 Å². The molecule has 3 aromatic rings. The number of carbonyl (C=O) groups is 1. The number of aromatic nitrogens is 2. The van der Waals surface area contributed by atoms with E-state index in [1.165, 1.54) is 6.20 Å². The minimum Gasteiger partial charge on any atom is -0.421 e. The van der Waals surface area contributed by atoms with Crippen molar-refractivity contribution in [1.29, 1.82) is 0 Å². The van der Waals surface area contributed by atoms with Gasteiger partial charge in [-0.25, -0.2) is 4.79 Å². The van der Waals surface area contributed by atoms with Crippen LogP contribution in [0.2, 0.25) is 0 Å². The number of fused-ring (bicyclic) bond motifs is 1. The van der Waals surface area contributed by atoms with Crippen molar-refractivity contribution < 1.29 is 9.53 Å². The van der Waals surface area contributed by atoms with Gasteiger partial charge in [0.25, 0.3) is 0 Å². The van der Waals surface area contributed by atoms with E-state index in [4.69, 9.17) is 4.74 Å². The fourth-order valence-corrected chi connectivity index (χ4v) is 1.92. The van der Waals surface area contributed by atoms with E-state index in [1.807, 2.05) is 25.3 Å². The average molecular weight is 252 g/mol. The number of H-pyrrole nitrogens is 1. The molecule has 0 fully saturated rings. The van der Waals surface area contributed by atoms with Gasteiger partial charge in [-0.3, -0.25) is 4.98 Å². The van der Waals surface area contributed by atoms with Gasteiger partial charge in [-0.15, -0.1) is 0 Å². The van der Waals surface area contributed by atoms with Gasteiger partial charge in [0.1, 0.15) is 5.75 Å². The average Bonchev–Trinajstić information content (AvgIpc) is 2.85. The van der Waals surface area contributed by atoms with Crippen molar-refractivity contribution in [2.75, 3.05) is 0 Å². The van der Waals surface area contributed by atoms with Crippen molar-refractivity contribution in [2.45, 2.75) is 6.92 Å². The van der Waals surface area contributed by atoms with E-state index in [9.17, 15) is 4.79 Å². The van der Waals surface area contributed by atoms with Crippen molar-refractivity contribution in [2.24, 2.45) is 0 Å². The Labute approximate surface area is 110 Å². The number of rotatable bonds is 2. The molecular formula is C15H12N2O2. The maximum absolute atomic E-state index is 12.0. The number of ether oxygens (including phenoxy) is 1. The molecule has 0 aliphatic heterocycles. The summed E-state index contributed by atoms with van der Waals surface area (Å²) in [6.07, 6.45) is 5.07. The molecule has 4 nitrogen and oxygen atoms in total. The SMILES string of the molecule is Cc1cncc(OC(=O)c2ccc3cc[nH]c3c2)c1. The van der Waals surface area contributed by atoms with Crippen molar-refractivity contribution in [3.8, 4) is 5.75 Å². The lowest BCUT2D eigenvalue weighted by molar-refractivity contribution is 0.0734. The van der Waals surface area contributed by atoms with E-state index in [0.717, 1.165) is 16.5 Å². The lowest BCUT2D eigenvalue weighted by Gasteiger charge is -2.04. The highest BCUT2D eigenvalue weighted by Crippen LogP contribution is 2.17. The lowest BCUT2D eigenvalue weighted by atomic mass is 10.2. The summed E-state index contributed by atoms with van der Waals surface area (Å²) >= 11 is 0. The predicted octanol–water partition coefficient (Wildman–Crippen LogP) is 3.09. The van der Waals surface area contributed by atoms with Crippen LogP contribution in [-0.2, 0) is 0 Å². The molecule has 1 aromatic carbocycles. The summed E-state index contributed by atoms with van der Waals surface area (Å²) in [7, 11) is 0. The monoisotopic (exact) mass is 252 g/mol. The fourth-order valence-electron chi connectivity index (χ4n) is 1.92. The van der Waals surface area contributed by atoms with Crippen LogP contribution in [-0.4, -0.2) is 15.9 Å². The summed E-state index contributed by atoms with van der Waals surface area (Å²) in [6, 6.07) is 9.15. The van der Waals surface area contributed by atoms with Gasteiger partial charge in [0.2, 0.25) is 0 Å². The molecule has 3 rings (SSSR count). The molecule has 0 radical (unpaired) electrons. The topological polar surface area (TPSA) is 55.0 Å². The van der Waals surface area contributed by atoms with Crippen molar-refractivity contribution in [3.63, 3.8) is 0 Å². The van der Waals surface area contributed by atoms with Crippen LogP contribution < -0.4 is 4.74 Å². The molecule has 0 saturated heterocycles. The van der Waals surface area contributed by atoms with Gasteiger partial charge in [0, 0.05) is 17.9 Å². The molecular weight excluding hydrogens is 240 g/mol. The normalized spacial score (nSPS) is 10.6. The Bertz CT molecular complexity index is 746. The Balaban J connectivity index is 1.87. The Kier molecular flexibility index (Phi) is 2.76. The number of nitrogens with zero attached hydrogens (tertiary/aromatic N) is 1. The summed E-state index contributed by atoms with van der Waals surface area (Å²) in [5.41, 5.74) is 2.37. The first kappa shape index (κ1) is 11.5. The zero-order chi connectivity index (χ0) is 13.2. The van der Waals surface area contributed by atoms with Gasteiger partial charge in [0.15, 0.2) is 0 Å². The number of hydrogen-bond acceptors (Lipinski definition) is 3. The third kappa shape index (κ3) is 2.33. The van der Waals surface area contributed by atoms with Crippen LogP contribution in [0.5, 0.6) is 5.75 Å².